The van der Waals surface area contributed by atoms with Crippen LogP contribution in [0.15, 0.2) is 54.6 Å². The maximum absolute atomic E-state index is 12.2. The van der Waals surface area contributed by atoms with E-state index in [9.17, 15) is 9.59 Å². The molecule has 0 unspecified atom stereocenters. The van der Waals surface area contributed by atoms with Crippen LogP contribution >= 0.6 is 11.8 Å². The fourth-order valence-corrected chi connectivity index (χ4v) is 3.48. The molecule has 0 bridgehead atoms. The summed E-state index contributed by atoms with van der Waals surface area (Å²) in [5.41, 5.74) is 3.60. The Hall–Kier alpha value is -2.07. The van der Waals surface area contributed by atoms with Crippen LogP contribution < -0.4 is 5.32 Å². The van der Waals surface area contributed by atoms with Gasteiger partial charge < -0.3 is 5.32 Å². The first kappa shape index (κ1) is 19.3. The number of carbonyl (C=O) groups is 2. The van der Waals surface area contributed by atoms with E-state index in [1.54, 1.807) is 13.8 Å². The van der Waals surface area contributed by atoms with Crippen molar-refractivity contribution in [3.05, 3.63) is 60.2 Å². The van der Waals surface area contributed by atoms with E-state index in [1.807, 2.05) is 25.1 Å². The molecule has 0 aliphatic heterocycles. The molecule has 0 aliphatic carbocycles. The molecule has 0 radical (unpaired) electrons. The van der Waals surface area contributed by atoms with Gasteiger partial charge in [-0.1, -0.05) is 80.2 Å². The van der Waals surface area contributed by atoms with E-state index in [4.69, 9.17) is 0 Å². The predicted molar refractivity (Wildman–Crippen MR) is 106 cm³/mol. The number of hydrogen-bond acceptors (Lipinski definition) is 3. The van der Waals surface area contributed by atoms with Gasteiger partial charge in [0.05, 0.1) is 6.04 Å². The zero-order chi connectivity index (χ0) is 18.2. The number of hydrogen-bond donors (Lipinski definition) is 1. The minimum atomic E-state index is -0.444. The molecule has 3 nitrogen and oxygen atoms in total. The van der Waals surface area contributed by atoms with Gasteiger partial charge in [-0.05, 0) is 30.0 Å². The van der Waals surface area contributed by atoms with Crippen molar-refractivity contribution in [2.24, 2.45) is 0 Å². The molecule has 4 heteroatoms. The van der Waals surface area contributed by atoms with Gasteiger partial charge in [-0.2, -0.15) is 0 Å². The van der Waals surface area contributed by atoms with E-state index in [0.717, 1.165) is 6.42 Å². The first-order chi connectivity index (χ1) is 12.0. The van der Waals surface area contributed by atoms with Gasteiger partial charge in [-0.25, -0.2) is 0 Å². The Kier molecular flexibility index (Phi) is 7.26. The van der Waals surface area contributed by atoms with Crippen LogP contribution in [0.5, 0.6) is 0 Å². The van der Waals surface area contributed by atoms with Crippen molar-refractivity contribution in [2.75, 3.05) is 0 Å². The molecule has 0 aliphatic rings. The number of rotatable bonds is 7. The average Bonchev–Trinajstić information content (AvgIpc) is 2.62. The number of benzene rings is 2. The molecule has 2 aromatic rings. The second-order valence-electron chi connectivity index (χ2n) is 6.16. The van der Waals surface area contributed by atoms with Crippen LogP contribution in [0.2, 0.25) is 0 Å². The first-order valence-electron chi connectivity index (χ1n) is 8.63. The largest absolute Gasteiger partial charge is 0.346 e. The third-order valence-electron chi connectivity index (χ3n) is 3.95. The lowest BCUT2D eigenvalue weighted by molar-refractivity contribution is -0.124. The van der Waals surface area contributed by atoms with Crippen LogP contribution in [0.25, 0.3) is 11.1 Å². The van der Waals surface area contributed by atoms with Gasteiger partial charge in [0.2, 0.25) is 11.0 Å². The van der Waals surface area contributed by atoms with Crippen LogP contribution in [0.3, 0.4) is 0 Å². The summed E-state index contributed by atoms with van der Waals surface area (Å²) in [5, 5.41) is 2.89. The Bertz CT molecular complexity index is 698. The molecule has 0 saturated carbocycles. The summed E-state index contributed by atoms with van der Waals surface area (Å²) >= 11 is 1.30. The van der Waals surface area contributed by atoms with Crippen molar-refractivity contribution in [3.63, 3.8) is 0 Å². The molecule has 2 aromatic carbocycles. The average molecular weight is 356 g/mol. The molecular formula is C21H25NO2S. The van der Waals surface area contributed by atoms with Crippen molar-refractivity contribution in [1.82, 2.24) is 5.32 Å². The highest BCUT2D eigenvalue weighted by Gasteiger charge is 2.18. The van der Waals surface area contributed by atoms with Gasteiger partial charge in [0.15, 0.2) is 0 Å². The Morgan fingerprint density at radius 2 is 1.56 bits per heavy atom. The summed E-state index contributed by atoms with van der Waals surface area (Å²) in [6.07, 6.45) is 1.21. The summed E-state index contributed by atoms with van der Waals surface area (Å²) in [6, 6.07) is 18.3. The molecule has 25 heavy (non-hydrogen) atoms. The fourth-order valence-electron chi connectivity index (χ4n) is 2.54. The standard InChI is InChI=1S/C21H25NO2S/c1-4-20(23)22-16(3)21(24)25-15(2)14-17-10-12-19(13-11-17)18-8-6-5-7-9-18/h5-13,15-16H,4,14H2,1-3H3,(H,22,23)/t15-,16+/m0/s1. The third kappa shape index (κ3) is 6.05. The van der Waals surface area contributed by atoms with Crippen LogP contribution in [-0.2, 0) is 16.0 Å². The SMILES string of the molecule is CCC(=O)N[C@H](C)C(=O)S[C@@H](C)Cc1ccc(-c2ccccc2)cc1. The third-order valence-corrected chi connectivity index (χ3v) is 5.11. The summed E-state index contributed by atoms with van der Waals surface area (Å²) in [4.78, 5) is 23.6. The maximum Gasteiger partial charge on any atom is 0.220 e. The molecular weight excluding hydrogens is 330 g/mol. The summed E-state index contributed by atoms with van der Waals surface area (Å²) in [6.45, 7) is 5.56. The molecule has 0 saturated heterocycles. The van der Waals surface area contributed by atoms with Gasteiger partial charge in [0.25, 0.3) is 0 Å². The van der Waals surface area contributed by atoms with Gasteiger partial charge >= 0.3 is 0 Å². The topological polar surface area (TPSA) is 46.2 Å². The molecule has 0 aromatic heterocycles. The van der Waals surface area contributed by atoms with Crippen LogP contribution in [0.4, 0.5) is 0 Å². The monoisotopic (exact) mass is 355 g/mol. The molecule has 132 valence electrons. The van der Waals surface area contributed by atoms with Gasteiger partial charge in [-0.3, -0.25) is 9.59 Å². The van der Waals surface area contributed by atoms with Crippen molar-refractivity contribution in [3.8, 4) is 11.1 Å². The van der Waals surface area contributed by atoms with Crippen molar-refractivity contribution >= 4 is 22.8 Å². The summed E-state index contributed by atoms with van der Waals surface area (Å²) in [5.74, 6) is -0.0920. The number of thioether (sulfide) groups is 1. The lowest BCUT2D eigenvalue weighted by atomic mass is 10.0. The predicted octanol–water partition coefficient (Wildman–Crippen LogP) is 4.46. The highest BCUT2D eigenvalue weighted by Crippen LogP contribution is 2.22. The van der Waals surface area contributed by atoms with Crippen LogP contribution in [0.1, 0.15) is 32.8 Å². The molecule has 0 spiro atoms. The van der Waals surface area contributed by atoms with Gasteiger partial charge in [-0.15, -0.1) is 0 Å². The Morgan fingerprint density at radius 1 is 0.960 bits per heavy atom. The lowest BCUT2D eigenvalue weighted by Gasteiger charge is -2.15. The summed E-state index contributed by atoms with van der Waals surface area (Å²) < 4.78 is 0. The first-order valence-corrected chi connectivity index (χ1v) is 9.51. The molecule has 2 rings (SSSR count). The van der Waals surface area contributed by atoms with Crippen molar-refractivity contribution in [1.29, 1.82) is 0 Å². The molecule has 1 N–H and O–H groups in total. The quantitative estimate of drug-likeness (QED) is 0.798. The van der Waals surface area contributed by atoms with E-state index >= 15 is 0 Å². The summed E-state index contributed by atoms with van der Waals surface area (Å²) in [7, 11) is 0. The van der Waals surface area contributed by atoms with Crippen molar-refractivity contribution < 1.29 is 9.59 Å². The minimum absolute atomic E-state index is 0.00945. The Balaban J connectivity index is 1.89. The van der Waals surface area contributed by atoms with E-state index in [-0.39, 0.29) is 16.3 Å². The van der Waals surface area contributed by atoms with E-state index in [2.05, 4.69) is 41.7 Å². The highest BCUT2D eigenvalue weighted by molar-refractivity contribution is 8.14. The zero-order valence-electron chi connectivity index (χ0n) is 15.0. The second kappa shape index (κ2) is 9.42. The second-order valence-corrected chi connectivity index (χ2v) is 7.60. The smallest absolute Gasteiger partial charge is 0.220 e. The normalized spacial score (nSPS) is 13.1. The number of amides is 1. The fraction of sp³-hybridized carbons (Fsp3) is 0.333. The highest BCUT2D eigenvalue weighted by atomic mass is 32.2. The Labute approximate surface area is 154 Å². The zero-order valence-corrected chi connectivity index (χ0v) is 15.8. The number of carbonyl (C=O) groups excluding carboxylic acids is 2. The minimum Gasteiger partial charge on any atom is -0.346 e. The van der Waals surface area contributed by atoms with Crippen LogP contribution in [-0.4, -0.2) is 22.3 Å². The van der Waals surface area contributed by atoms with Gasteiger partial charge in [0.1, 0.15) is 0 Å². The molecule has 0 fully saturated rings. The van der Waals surface area contributed by atoms with E-state index < -0.39 is 6.04 Å². The van der Waals surface area contributed by atoms with Gasteiger partial charge in [0, 0.05) is 11.7 Å². The molecule has 2 atom stereocenters. The number of nitrogens with one attached hydrogen (secondary N) is 1. The van der Waals surface area contributed by atoms with E-state index in [0.29, 0.717) is 6.42 Å². The lowest BCUT2D eigenvalue weighted by Crippen LogP contribution is -2.37. The van der Waals surface area contributed by atoms with Crippen LogP contribution in [0, 0.1) is 0 Å². The maximum atomic E-state index is 12.2. The molecule has 0 heterocycles. The molecule has 1 amide bonds. The Morgan fingerprint density at radius 3 is 2.16 bits per heavy atom. The van der Waals surface area contributed by atoms with Crippen molar-refractivity contribution in [2.45, 2.75) is 44.9 Å². The van der Waals surface area contributed by atoms with E-state index in [1.165, 1.54) is 28.5 Å².